The van der Waals surface area contributed by atoms with Gasteiger partial charge in [-0.25, -0.2) is 0 Å². The first-order chi connectivity index (χ1) is 8.20. The molecular formula is C11H8N2O4. The summed E-state index contributed by atoms with van der Waals surface area (Å²) in [5, 5.41) is 21.6. The Kier molecular flexibility index (Phi) is 2.87. The summed E-state index contributed by atoms with van der Waals surface area (Å²) in [6.07, 6.45) is 1.16. The van der Waals surface area contributed by atoms with E-state index in [2.05, 4.69) is 5.16 Å². The van der Waals surface area contributed by atoms with Crippen LogP contribution < -0.4 is 0 Å². The SMILES string of the molecule is O=[N+]([O-])c1ccc(-c2ccc(/C=N/O)o2)cc1. The third-order valence-corrected chi connectivity index (χ3v) is 2.17. The number of benzene rings is 1. The van der Waals surface area contributed by atoms with Gasteiger partial charge < -0.3 is 9.62 Å². The van der Waals surface area contributed by atoms with Crippen LogP contribution in [0.2, 0.25) is 0 Å². The zero-order valence-electron chi connectivity index (χ0n) is 8.61. The van der Waals surface area contributed by atoms with Gasteiger partial charge in [0, 0.05) is 17.7 Å². The van der Waals surface area contributed by atoms with E-state index in [-0.39, 0.29) is 5.69 Å². The van der Waals surface area contributed by atoms with Crippen molar-refractivity contribution in [3.8, 4) is 11.3 Å². The van der Waals surface area contributed by atoms with E-state index < -0.39 is 4.92 Å². The van der Waals surface area contributed by atoms with Gasteiger partial charge in [0.25, 0.3) is 5.69 Å². The van der Waals surface area contributed by atoms with Crippen LogP contribution in [0, 0.1) is 10.1 Å². The van der Waals surface area contributed by atoms with Crippen LogP contribution >= 0.6 is 0 Å². The number of hydrogen-bond acceptors (Lipinski definition) is 5. The summed E-state index contributed by atoms with van der Waals surface area (Å²) in [5.41, 5.74) is 0.741. The normalized spacial score (nSPS) is 10.8. The second-order valence-electron chi connectivity index (χ2n) is 3.25. The molecule has 0 aliphatic carbocycles. The summed E-state index contributed by atoms with van der Waals surface area (Å²) in [6.45, 7) is 0. The molecule has 0 unspecified atom stereocenters. The number of hydrogen-bond donors (Lipinski definition) is 1. The van der Waals surface area contributed by atoms with E-state index in [9.17, 15) is 10.1 Å². The quantitative estimate of drug-likeness (QED) is 0.381. The number of furan rings is 1. The fourth-order valence-corrected chi connectivity index (χ4v) is 1.38. The average molecular weight is 232 g/mol. The van der Waals surface area contributed by atoms with E-state index in [1.54, 1.807) is 24.3 Å². The number of nitro benzene ring substituents is 1. The molecule has 0 saturated heterocycles. The Hall–Kier alpha value is -2.63. The highest BCUT2D eigenvalue weighted by molar-refractivity contribution is 5.76. The first kappa shape index (κ1) is 10.9. The highest BCUT2D eigenvalue weighted by Crippen LogP contribution is 2.23. The Bertz CT molecular complexity index is 557. The lowest BCUT2D eigenvalue weighted by molar-refractivity contribution is -0.384. The molecule has 6 heteroatoms. The lowest BCUT2D eigenvalue weighted by Crippen LogP contribution is -1.86. The fraction of sp³-hybridized carbons (Fsp3) is 0. The van der Waals surface area contributed by atoms with E-state index in [0.29, 0.717) is 17.1 Å². The van der Waals surface area contributed by atoms with Gasteiger partial charge in [0.2, 0.25) is 0 Å². The van der Waals surface area contributed by atoms with Crippen molar-refractivity contribution in [2.24, 2.45) is 5.16 Å². The van der Waals surface area contributed by atoms with E-state index in [1.807, 2.05) is 0 Å². The van der Waals surface area contributed by atoms with Gasteiger partial charge in [0.15, 0.2) is 0 Å². The van der Waals surface area contributed by atoms with Crippen LogP contribution in [0.15, 0.2) is 46.0 Å². The molecule has 1 aromatic heterocycles. The molecule has 17 heavy (non-hydrogen) atoms. The summed E-state index contributed by atoms with van der Waals surface area (Å²) < 4.78 is 5.33. The predicted molar refractivity (Wildman–Crippen MR) is 60.2 cm³/mol. The molecule has 0 saturated carbocycles. The first-order valence-electron chi connectivity index (χ1n) is 4.73. The zero-order chi connectivity index (χ0) is 12.3. The second kappa shape index (κ2) is 4.48. The minimum atomic E-state index is -0.463. The third-order valence-electron chi connectivity index (χ3n) is 2.17. The highest BCUT2D eigenvalue weighted by Gasteiger charge is 2.07. The molecule has 0 amide bonds. The van der Waals surface area contributed by atoms with Crippen LogP contribution in [0.4, 0.5) is 5.69 Å². The maximum atomic E-state index is 10.5. The van der Waals surface area contributed by atoms with Crippen LogP contribution in [0.3, 0.4) is 0 Å². The van der Waals surface area contributed by atoms with Gasteiger partial charge in [0.1, 0.15) is 17.7 Å². The highest BCUT2D eigenvalue weighted by atomic mass is 16.6. The summed E-state index contributed by atoms with van der Waals surface area (Å²) in [5.74, 6) is 0.954. The number of non-ortho nitro benzene ring substituents is 1. The Morgan fingerprint density at radius 2 is 1.94 bits per heavy atom. The first-order valence-corrected chi connectivity index (χ1v) is 4.73. The molecular weight excluding hydrogens is 224 g/mol. The predicted octanol–water partition coefficient (Wildman–Crippen LogP) is 2.66. The van der Waals surface area contributed by atoms with Crippen molar-refractivity contribution in [1.29, 1.82) is 0 Å². The van der Waals surface area contributed by atoms with Crippen molar-refractivity contribution in [3.05, 3.63) is 52.3 Å². The van der Waals surface area contributed by atoms with Crippen LogP contribution in [-0.4, -0.2) is 16.3 Å². The summed E-state index contributed by atoms with van der Waals surface area (Å²) >= 11 is 0. The monoisotopic (exact) mass is 232 g/mol. The number of oxime groups is 1. The van der Waals surface area contributed by atoms with Crippen LogP contribution in [-0.2, 0) is 0 Å². The summed E-state index contributed by atoms with van der Waals surface area (Å²) in [7, 11) is 0. The summed E-state index contributed by atoms with van der Waals surface area (Å²) in [4.78, 5) is 10.0. The zero-order valence-corrected chi connectivity index (χ0v) is 8.61. The van der Waals surface area contributed by atoms with Gasteiger partial charge in [0.05, 0.1) is 4.92 Å². The van der Waals surface area contributed by atoms with E-state index in [1.165, 1.54) is 12.1 Å². The lowest BCUT2D eigenvalue weighted by atomic mass is 10.1. The molecule has 0 aliphatic heterocycles. The molecule has 86 valence electrons. The van der Waals surface area contributed by atoms with Crippen LogP contribution in [0.25, 0.3) is 11.3 Å². The Morgan fingerprint density at radius 1 is 1.24 bits per heavy atom. The largest absolute Gasteiger partial charge is 0.455 e. The molecule has 0 fully saturated rings. The van der Waals surface area contributed by atoms with Gasteiger partial charge in [-0.1, -0.05) is 5.16 Å². The molecule has 2 rings (SSSR count). The number of nitrogens with zero attached hydrogens (tertiary/aromatic N) is 2. The van der Waals surface area contributed by atoms with Gasteiger partial charge in [-0.3, -0.25) is 10.1 Å². The molecule has 0 radical (unpaired) electrons. The maximum absolute atomic E-state index is 10.5. The fourth-order valence-electron chi connectivity index (χ4n) is 1.38. The molecule has 1 heterocycles. The van der Waals surface area contributed by atoms with Crippen LogP contribution in [0.5, 0.6) is 0 Å². The van der Waals surface area contributed by atoms with Crippen molar-refractivity contribution in [2.75, 3.05) is 0 Å². The Balaban J connectivity index is 2.29. The number of nitro groups is 1. The van der Waals surface area contributed by atoms with Gasteiger partial charge in [-0.15, -0.1) is 0 Å². The van der Waals surface area contributed by atoms with E-state index >= 15 is 0 Å². The topological polar surface area (TPSA) is 88.9 Å². The standard InChI is InChI=1S/C11H8N2O4/c14-12-7-10-5-6-11(17-10)8-1-3-9(4-2-8)13(15)16/h1-7,14H/b12-7+. The van der Waals surface area contributed by atoms with Gasteiger partial charge >= 0.3 is 0 Å². The van der Waals surface area contributed by atoms with Crippen molar-refractivity contribution in [1.82, 2.24) is 0 Å². The Labute approximate surface area is 95.9 Å². The van der Waals surface area contributed by atoms with Gasteiger partial charge in [-0.05, 0) is 24.3 Å². The van der Waals surface area contributed by atoms with E-state index in [0.717, 1.165) is 6.21 Å². The molecule has 0 aliphatic rings. The van der Waals surface area contributed by atoms with Crippen molar-refractivity contribution in [3.63, 3.8) is 0 Å². The van der Waals surface area contributed by atoms with Gasteiger partial charge in [-0.2, -0.15) is 0 Å². The van der Waals surface area contributed by atoms with Crippen molar-refractivity contribution in [2.45, 2.75) is 0 Å². The summed E-state index contributed by atoms with van der Waals surface area (Å²) in [6, 6.07) is 9.32. The van der Waals surface area contributed by atoms with E-state index in [4.69, 9.17) is 9.62 Å². The minimum absolute atomic E-state index is 0.0254. The molecule has 2 aromatic rings. The third kappa shape index (κ3) is 2.31. The Morgan fingerprint density at radius 3 is 2.53 bits per heavy atom. The molecule has 1 aromatic carbocycles. The second-order valence-corrected chi connectivity index (χ2v) is 3.25. The molecule has 0 spiro atoms. The minimum Gasteiger partial charge on any atom is -0.455 e. The van der Waals surface area contributed by atoms with Crippen molar-refractivity contribution < 1.29 is 14.5 Å². The molecule has 1 N–H and O–H groups in total. The molecule has 6 nitrogen and oxygen atoms in total. The lowest BCUT2D eigenvalue weighted by Gasteiger charge is -1.96. The van der Waals surface area contributed by atoms with Crippen molar-refractivity contribution >= 4 is 11.9 Å². The number of rotatable bonds is 3. The molecule has 0 bridgehead atoms. The molecule has 0 atom stereocenters. The smallest absolute Gasteiger partial charge is 0.269 e. The average Bonchev–Trinajstić information content (AvgIpc) is 2.78. The van der Waals surface area contributed by atoms with Crippen LogP contribution in [0.1, 0.15) is 5.76 Å². The maximum Gasteiger partial charge on any atom is 0.269 e.